The summed E-state index contributed by atoms with van der Waals surface area (Å²) in [6.07, 6.45) is -1.03. The van der Waals surface area contributed by atoms with Crippen LogP contribution in [0.25, 0.3) is 0 Å². The van der Waals surface area contributed by atoms with Crippen molar-refractivity contribution in [3.8, 4) is 0 Å². The fourth-order valence-corrected chi connectivity index (χ4v) is 2.55. The van der Waals surface area contributed by atoms with Gasteiger partial charge in [-0.05, 0) is 25.0 Å². The summed E-state index contributed by atoms with van der Waals surface area (Å²) in [5.41, 5.74) is -1.03. The van der Waals surface area contributed by atoms with Gasteiger partial charge >= 0.3 is 6.18 Å². The van der Waals surface area contributed by atoms with Crippen LogP contribution in [0.4, 0.5) is 19.0 Å². The average Bonchev–Trinajstić information content (AvgIpc) is 2.46. The van der Waals surface area contributed by atoms with Crippen LogP contribution >= 0.6 is 0 Å². The van der Waals surface area contributed by atoms with Gasteiger partial charge in [0.2, 0.25) is 5.91 Å². The Morgan fingerprint density at radius 2 is 1.95 bits per heavy atom. The molecule has 1 amide bonds. The summed E-state index contributed by atoms with van der Waals surface area (Å²) in [7, 11) is 1.58. The van der Waals surface area contributed by atoms with E-state index < -0.39 is 11.9 Å². The quantitative estimate of drug-likeness (QED) is 0.898. The first-order valence-corrected chi connectivity index (χ1v) is 6.81. The molecular weight excluding hydrogens is 285 g/mol. The van der Waals surface area contributed by atoms with Crippen molar-refractivity contribution in [2.24, 2.45) is 5.92 Å². The zero-order chi connectivity index (χ0) is 15.5. The fraction of sp³-hybridized carbons (Fsp3) is 0.615. The molecule has 116 valence electrons. The predicted molar refractivity (Wildman–Crippen MR) is 70.5 cm³/mol. The zero-order valence-corrected chi connectivity index (χ0v) is 11.6. The van der Waals surface area contributed by atoms with Crippen molar-refractivity contribution in [1.29, 1.82) is 0 Å². The molecule has 0 bridgehead atoms. The van der Waals surface area contributed by atoms with Gasteiger partial charge in [-0.15, -0.1) is 10.2 Å². The number of carbonyl (C=O) groups is 1. The molecule has 2 N–H and O–H groups in total. The highest BCUT2D eigenvalue weighted by Crippen LogP contribution is 2.29. The van der Waals surface area contributed by atoms with Gasteiger partial charge < -0.3 is 10.6 Å². The first kappa shape index (κ1) is 15.5. The van der Waals surface area contributed by atoms with Gasteiger partial charge in [0.1, 0.15) is 5.82 Å². The molecule has 0 saturated heterocycles. The van der Waals surface area contributed by atoms with Crippen LogP contribution in [0.15, 0.2) is 12.1 Å². The van der Waals surface area contributed by atoms with E-state index >= 15 is 0 Å². The molecule has 0 aliphatic heterocycles. The second-order valence-electron chi connectivity index (χ2n) is 5.06. The van der Waals surface area contributed by atoms with Crippen molar-refractivity contribution in [3.05, 3.63) is 17.8 Å². The predicted octanol–water partition coefficient (Wildman–Crippen LogP) is 2.21. The number of halogens is 3. The fourth-order valence-electron chi connectivity index (χ4n) is 2.55. The van der Waals surface area contributed by atoms with Gasteiger partial charge in [-0.3, -0.25) is 4.79 Å². The van der Waals surface area contributed by atoms with Crippen molar-refractivity contribution < 1.29 is 18.0 Å². The minimum absolute atomic E-state index is 0.0629. The molecule has 0 aromatic carbocycles. The van der Waals surface area contributed by atoms with E-state index in [2.05, 4.69) is 20.8 Å². The van der Waals surface area contributed by atoms with Crippen molar-refractivity contribution in [1.82, 2.24) is 15.5 Å². The maximum Gasteiger partial charge on any atom is 0.435 e. The highest BCUT2D eigenvalue weighted by atomic mass is 19.4. The van der Waals surface area contributed by atoms with Crippen LogP contribution in [0.1, 0.15) is 31.4 Å². The van der Waals surface area contributed by atoms with E-state index in [0.29, 0.717) is 0 Å². The number of hydrogen-bond acceptors (Lipinski definition) is 4. The molecule has 1 aromatic rings. The van der Waals surface area contributed by atoms with Gasteiger partial charge in [-0.1, -0.05) is 12.8 Å². The minimum atomic E-state index is -4.50. The van der Waals surface area contributed by atoms with Crippen LogP contribution in [0.2, 0.25) is 0 Å². The molecule has 2 rings (SSSR count). The number of nitrogens with zero attached hydrogens (tertiary/aromatic N) is 2. The molecule has 2 unspecified atom stereocenters. The van der Waals surface area contributed by atoms with Gasteiger partial charge in [-0.2, -0.15) is 13.2 Å². The maximum atomic E-state index is 12.4. The lowest BCUT2D eigenvalue weighted by Gasteiger charge is -2.31. The minimum Gasteiger partial charge on any atom is -0.365 e. The lowest BCUT2D eigenvalue weighted by molar-refractivity contribution is -0.141. The Hall–Kier alpha value is -1.86. The molecule has 1 aliphatic rings. The number of aromatic nitrogens is 2. The highest BCUT2D eigenvalue weighted by molar-refractivity contribution is 5.79. The van der Waals surface area contributed by atoms with E-state index in [-0.39, 0.29) is 23.7 Å². The molecule has 1 heterocycles. The molecule has 1 aliphatic carbocycles. The second kappa shape index (κ2) is 6.28. The van der Waals surface area contributed by atoms with Gasteiger partial charge in [0.05, 0.1) is 5.92 Å². The molecule has 1 fully saturated rings. The van der Waals surface area contributed by atoms with Crippen molar-refractivity contribution >= 4 is 11.7 Å². The van der Waals surface area contributed by atoms with Crippen LogP contribution in [0, 0.1) is 5.92 Å². The highest BCUT2D eigenvalue weighted by Gasteiger charge is 2.34. The van der Waals surface area contributed by atoms with Crippen molar-refractivity contribution in [2.75, 3.05) is 12.4 Å². The molecule has 0 radical (unpaired) electrons. The molecular formula is C13H17F3N4O. The number of alkyl halides is 3. The van der Waals surface area contributed by atoms with E-state index in [0.717, 1.165) is 31.7 Å². The Morgan fingerprint density at radius 3 is 2.52 bits per heavy atom. The Kier molecular flexibility index (Phi) is 4.64. The molecule has 8 heteroatoms. The number of carbonyl (C=O) groups excluding carboxylic acids is 1. The summed E-state index contributed by atoms with van der Waals surface area (Å²) in [6.45, 7) is 0. The number of nitrogens with one attached hydrogen (secondary N) is 2. The molecule has 5 nitrogen and oxygen atoms in total. The lowest BCUT2D eigenvalue weighted by Crippen LogP contribution is -2.42. The number of rotatable bonds is 3. The van der Waals surface area contributed by atoms with E-state index in [9.17, 15) is 18.0 Å². The summed E-state index contributed by atoms with van der Waals surface area (Å²) >= 11 is 0. The van der Waals surface area contributed by atoms with Crippen LogP contribution in [-0.2, 0) is 11.0 Å². The van der Waals surface area contributed by atoms with E-state index in [1.807, 2.05) is 0 Å². The second-order valence-corrected chi connectivity index (χ2v) is 5.06. The number of hydrogen-bond donors (Lipinski definition) is 2. The van der Waals surface area contributed by atoms with E-state index in [4.69, 9.17) is 0 Å². The largest absolute Gasteiger partial charge is 0.435 e. The van der Waals surface area contributed by atoms with Gasteiger partial charge in [0.25, 0.3) is 0 Å². The van der Waals surface area contributed by atoms with Gasteiger partial charge in [0.15, 0.2) is 5.69 Å². The molecule has 1 aromatic heterocycles. The maximum absolute atomic E-state index is 12.4. The summed E-state index contributed by atoms with van der Waals surface area (Å²) < 4.78 is 37.2. The average molecular weight is 302 g/mol. The SMILES string of the molecule is CNC(=O)C1CCCCC1Nc1ccc(C(F)(F)F)nn1. The van der Waals surface area contributed by atoms with Gasteiger partial charge in [0, 0.05) is 13.1 Å². The number of amides is 1. The topological polar surface area (TPSA) is 66.9 Å². The van der Waals surface area contributed by atoms with Crippen LogP contribution in [-0.4, -0.2) is 29.2 Å². The Morgan fingerprint density at radius 1 is 1.24 bits per heavy atom. The third-order valence-corrected chi connectivity index (χ3v) is 3.64. The first-order chi connectivity index (χ1) is 9.91. The van der Waals surface area contributed by atoms with E-state index in [1.165, 1.54) is 6.07 Å². The normalized spacial score (nSPS) is 22.7. The van der Waals surface area contributed by atoms with Crippen LogP contribution in [0.3, 0.4) is 0 Å². The molecule has 1 saturated carbocycles. The van der Waals surface area contributed by atoms with Crippen LogP contribution < -0.4 is 10.6 Å². The number of anilines is 1. The van der Waals surface area contributed by atoms with Crippen molar-refractivity contribution in [2.45, 2.75) is 37.9 Å². The summed E-state index contributed by atoms with van der Waals surface area (Å²) in [5.74, 6) is -0.0104. The zero-order valence-electron chi connectivity index (χ0n) is 11.6. The molecule has 2 atom stereocenters. The Balaban J connectivity index is 2.07. The smallest absolute Gasteiger partial charge is 0.365 e. The summed E-state index contributed by atoms with van der Waals surface area (Å²) in [6, 6.07) is 1.99. The Bertz CT molecular complexity index is 489. The van der Waals surface area contributed by atoms with Gasteiger partial charge in [-0.25, -0.2) is 0 Å². The van der Waals surface area contributed by atoms with E-state index in [1.54, 1.807) is 7.05 Å². The summed E-state index contributed by atoms with van der Waals surface area (Å²) in [5, 5.41) is 12.4. The summed E-state index contributed by atoms with van der Waals surface area (Å²) in [4.78, 5) is 11.8. The van der Waals surface area contributed by atoms with Crippen LogP contribution in [0.5, 0.6) is 0 Å². The molecule has 0 spiro atoms. The monoisotopic (exact) mass is 302 g/mol. The Labute approximate surface area is 120 Å². The molecule has 21 heavy (non-hydrogen) atoms. The first-order valence-electron chi connectivity index (χ1n) is 6.81. The third kappa shape index (κ3) is 3.83. The third-order valence-electron chi connectivity index (χ3n) is 3.64. The standard InChI is InChI=1S/C13H17F3N4O/c1-17-12(21)8-4-2-3-5-9(8)18-11-7-6-10(19-20-11)13(14,15)16/h6-9H,2-5H2,1H3,(H,17,21)(H,18,20). The van der Waals surface area contributed by atoms with Crippen molar-refractivity contribution in [3.63, 3.8) is 0 Å². The lowest BCUT2D eigenvalue weighted by atomic mass is 9.84.